The summed E-state index contributed by atoms with van der Waals surface area (Å²) >= 11 is 0. The highest BCUT2D eigenvalue weighted by atomic mass is 19.1. The third kappa shape index (κ3) is 1.46. The number of nitrogens with one attached hydrogen (secondary N) is 1. The zero-order chi connectivity index (χ0) is 12.9. The minimum Gasteiger partial charge on any atom is -0.388 e. The normalized spacial score (nSPS) is 17.7. The molecule has 3 rings (SSSR count). The first-order valence-corrected chi connectivity index (χ1v) is 6.04. The number of aryl methyl sites for hydroxylation is 1. The van der Waals surface area contributed by atoms with Crippen LogP contribution in [0.2, 0.25) is 0 Å². The van der Waals surface area contributed by atoms with Gasteiger partial charge < -0.3 is 5.11 Å². The number of hydrogen-bond donors (Lipinski definition) is 2. The minimum atomic E-state index is -0.696. The van der Waals surface area contributed by atoms with Crippen molar-refractivity contribution in [2.24, 2.45) is 0 Å². The molecule has 1 aliphatic rings. The summed E-state index contributed by atoms with van der Waals surface area (Å²) in [6.45, 7) is 2.04. The van der Waals surface area contributed by atoms with E-state index in [0.29, 0.717) is 17.6 Å². The zero-order valence-corrected chi connectivity index (χ0v) is 10.1. The molecule has 0 atom stereocenters. The summed E-state index contributed by atoms with van der Waals surface area (Å²) in [7, 11) is 0. The number of aromatic amines is 1. The number of aromatic nitrogens is 2. The van der Waals surface area contributed by atoms with Crippen molar-refractivity contribution in [2.45, 2.75) is 38.3 Å². The van der Waals surface area contributed by atoms with Crippen LogP contribution < -0.4 is 0 Å². The second kappa shape index (κ2) is 3.59. The summed E-state index contributed by atoms with van der Waals surface area (Å²) in [5, 5.41) is 22.2. The van der Waals surface area contributed by atoms with Crippen molar-refractivity contribution in [1.82, 2.24) is 9.78 Å². The molecule has 0 unspecified atom stereocenters. The molecule has 0 spiro atoms. The van der Waals surface area contributed by atoms with Crippen LogP contribution in [0, 0.1) is 24.1 Å². The summed E-state index contributed by atoms with van der Waals surface area (Å²) in [6, 6.07) is 3.60. The average Bonchev–Trinajstić information content (AvgIpc) is 2.29. The lowest BCUT2D eigenvalue weighted by Crippen LogP contribution is -2.42. The molecule has 1 saturated carbocycles. The molecule has 0 radical (unpaired) electrons. The van der Waals surface area contributed by atoms with Gasteiger partial charge in [-0.1, -0.05) is 0 Å². The lowest BCUT2D eigenvalue weighted by molar-refractivity contribution is -0.0494. The Morgan fingerprint density at radius 1 is 1.61 bits per heavy atom. The average molecular weight is 247 g/mol. The molecule has 1 aromatic carbocycles. The maximum absolute atomic E-state index is 13.8. The van der Waals surface area contributed by atoms with E-state index in [-0.39, 0.29) is 5.56 Å². The van der Waals surface area contributed by atoms with Crippen molar-refractivity contribution in [1.29, 1.82) is 5.26 Å². The molecule has 94 valence electrons. The third-order valence-electron chi connectivity index (χ3n) is 3.79. The number of H-pyrrole nitrogens is 1. The van der Waals surface area contributed by atoms with Gasteiger partial charge in [-0.15, -0.1) is 0 Å². The van der Waals surface area contributed by atoms with Gasteiger partial charge in [0.1, 0.15) is 23.0 Å². The second-order valence-electron chi connectivity index (χ2n) is 5.17. The van der Waals surface area contributed by atoms with Crippen LogP contribution in [0.25, 0.3) is 11.0 Å². The first-order chi connectivity index (χ1) is 8.54. The van der Waals surface area contributed by atoms with Gasteiger partial charge in [0.2, 0.25) is 0 Å². The van der Waals surface area contributed by atoms with Crippen molar-refractivity contribution < 1.29 is 9.50 Å². The van der Waals surface area contributed by atoms with E-state index in [4.69, 9.17) is 5.26 Å². The second-order valence-corrected chi connectivity index (χ2v) is 5.17. The van der Waals surface area contributed by atoms with Crippen molar-refractivity contribution in [2.75, 3.05) is 0 Å². The highest BCUT2D eigenvalue weighted by molar-refractivity contribution is 5.84. The number of nitriles is 1. The number of hydrogen-bond acceptors (Lipinski definition) is 2. The molecule has 0 amide bonds. The third-order valence-corrected chi connectivity index (χ3v) is 3.79. The molecule has 1 aliphatic carbocycles. The zero-order valence-electron chi connectivity index (χ0n) is 10.1. The number of halogens is 1. The van der Waals surface area contributed by atoms with E-state index in [2.05, 4.69) is 5.10 Å². The highest BCUT2D eigenvalue weighted by Gasteiger charge is 2.36. The van der Waals surface area contributed by atoms with E-state index < -0.39 is 11.4 Å². The van der Waals surface area contributed by atoms with E-state index in [1.807, 2.05) is 6.07 Å². The van der Waals surface area contributed by atoms with Crippen LogP contribution in [0.4, 0.5) is 4.39 Å². The van der Waals surface area contributed by atoms with E-state index in [1.54, 1.807) is 17.7 Å². The van der Waals surface area contributed by atoms with Gasteiger partial charge in [-0.25, -0.2) is 4.39 Å². The molecule has 0 bridgehead atoms. The number of nitrogens with zero attached hydrogens (tertiary/aromatic N) is 2. The van der Waals surface area contributed by atoms with Crippen molar-refractivity contribution in [3.63, 3.8) is 0 Å². The van der Waals surface area contributed by atoms with Crippen molar-refractivity contribution in [3.05, 3.63) is 23.0 Å². The standard InChI is InChI=1S/C13H14FN3O/c1-8-5-10-12(9(6-15)11(8)14)17(16-10)7-13(18)3-2-4-13/h5,16,18H,2-4,7H2,1H3. The van der Waals surface area contributed by atoms with Crippen molar-refractivity contribution in [3.8, 4) is 6.07 Å². The summed E-state index contributed by atoms with van der Waals surface area (Å²) < 4.78 is 15.5. The lowest BCUT2D eigenvalue weighted by Gasteiger charge is -2.38. The first kappa shape index (κ1) is 11.3. The fraction of sp³-hybridized carbons (Fsp3) is 0.462. The molecule has 1 fully saturated rings. The molecule has 18 heavy (non-hydrogen) atoms. The first-order valence-electron chi connectivity index (χ1n) is 6.04. The van der Waals surface area contributed by atoms with E-state index in [9.17, 15) is 9.50 Å². The highest BCUT2D eigenvalue weighted by Crippen LogP contribution is 2.35. The van der Waals surface area contributed by atoms with Gasteiger partial charge >= 0.3 is 0 Å². The predicted molar refractivity (Wildman–Crippen MR) is 64.5 cm³/mol. The van der Waals surface area contributed by atoms with Crippen LogP contribution in [-0.2, 0) is 6.54 Å². The predicted octanol–water partition coefficient (Wildman–Crippen LogP) is 2.20. The molecule has 4 nitrogen and oxygen atoms in total. The van der Waals surface area contributed by atoms with E-state index in [0.717, 1.165) is 24.8 Å². The summed E-state index contributed by atoms with van der Waals surface area (Å²) in [4.78, 5) is 0. The minimum absolute atomic E-state index is 0.0617. The Morgan fingerprint density at radius 3 is 2.89 bits per heavy atom. The van der Waals surface area contributed by atoms with Crippen LogP contribution in [0.15, 0.2) is 6.07 Å². The molecule has 2 N–H and O–H groups in total. The molecule has 0 saturated heterocycles. The Balaban J connectivity index is 2.06. The topological polar surface area (TPSA) is 64.7 Å². The van der Waals surface area contributed by atoms with E-state index >= 15 is 0 Å². The number of aliphatic hydroxyl groups is 1. The maximum atomic E-state index is 13.8. The smallest absolute Gasteiger partial charge is 0.146 e. The molecule has 1 aromatic heterocycles. The van der Waals surface area contributed by atoms with Gasteiger partial charge in [0.05, 0.1) is 17.7 Å². The Bertz CT molecular complexity index is 658. The van der Waals surface area contributed by atoms with Gasteiger partial charge in [-0.3, -0.25) is 9.78 Å². The van der Waals surface area contributed by atoms with Crippen LogP contribution in [0.5, 0.6) is 0 Å². The Morgan fingerprint density at radius 2 is 2.33 bits per heavy atom. The molecule has 0 aliphatic heterocycles. The van der Waals surface area contributed by atoms with Crippen LogP contribution >= 0.6 is 0 Å². The van der Waals surface area contributed by atoms with E-state index in [1.165, 1.54) is 0 Å². The van der Waals surface area contributed by atoms with Crippen molar-refractivity contribution >= 4 is 11.0 Å². The maximum Gasteiger partial charge on any atom is 0.146 e. The summed E-state index contributed by atoms with van der Waals surface area (Å²) in [5.74, 6) is -0.469. The molecule has 1 heterocycles. The largest absolute Gasteiger partial charge is 0.388 e. The van der Waals surface area contributed by atoms with Gasteiger partial charge in [0, 0.05) is 0 Å². The summed E-state index contributed by atoms with van der Waals surface area (Å²) in [6.07, 6.45) is 2.54. The van der Waals surface area contributed by atoms with Gasteiger partial charge in [0.25, 0.3) is 0 Å². The summed E-state index contributed by atoms with van der Waals surface area (Å²) in [5.41, 5.74) is 1.15. The Kier molecular flexibility index (Phi) is 2.26. The monoisotopic (exact) mass is 247 g/mol. The van der Waals surface area contributed by atoms with Gasteiger partial charge in [0.15, 0.2) is 0 Å². The Hall–Kier alpha value is -1.80. The van der Waals surface area contributed by atoms with Crippen LogP contribution in [0.1, 0.15) is 30.4 Å². The Labute approximate surface area is 104 Å². The lowest BCUT2D eigenvalue weighted by atomic mass is 9.80. The van der Waals surface area contributed by atoms with Crippen LogP contribution in [0.3, 0.4) is 0 Å². The number of rotatable bonds is 2. The van der Waals surface area contributed by atoms with Crippen LogP contribution in [-0.4, -0.2) is 20.5 Å². The fourth-order valence-corrected chi connectivity index (χ4v) is 2.56. The molecular formula is C13H14FN3O. The SMILES string of the molecule is Cc1cc2[nH]n(CC3(O)CCC3)c2c(C#N)c1F. The fourth-order valence-electron chi connectivity index (χ4n) is 2.56. The number of fused-ring (bicyclic) bond motifs is 1. The quantitative estimate of drug-likeness (QED) is 0.854. The molecular weight excluding hydrogens is 233 g/mol. The molecule has 2 aromatic rings. The van der Waals surface area contributed by atoms with Gasteiger partial charge in [-0.2, -0.15) is 5.26 Å². The molecule has 5 heteroatoms. The number of benzene rings is 1. The van der Waals surface area contributed by atoms with Gasteiger partial charge in [-0.05, 0) is 37.8 Å².